The minimum absolute atomic E-state index is 0.0135. The Morgan fingerprint density at radius 2 is 2.28 bits per heavy atom. The number of aliphatic carboxylic acids is 1. The molecule has 0 aliphatic heterocycles. The first-order chi connectivity index (χ1) is 8.52. The molecule has 1 rings (SSSR count). The monoisotopic (exact) mass is 378 g/mol. The van der Waals surface area contributed by atoms with Gasteiger partial charge in [0.15, 0.2) is 0 Å². The molecule has 1 atom stereocenters. The molecule has 98 valence electrons. The number of halogens is 2. The van der Waals surface area contributed by atoms with Crippen molar-refractivity contribution >= 4 is 44.2 Å². The Bertz CT molecular complexity index is 440. The number of aromatic nitrogens is 1. The van der Waals surface area contributed by atoms with Gasteiger partial charge in [0.2, 0.25) is 6.41 Å². The zero-order chi connectivity index (χ0) is 13.5. The Balaban J connectivity index is 2.69. The number of nitrogens with one attached hydrogen (secondary N) is 1. The van der Waals surface area contributed by atoms with Crippen LogP contribution >= 0.6 is 31.9 Å². The van der Waals surface area contributed by atoms with Crippen molar-refractivity contribution in [1.82, 2.24) is 10.3 Å². The smallest absolute Gasteiger partial charge is 0.303 e. The molecule has 0 saturated carbocycles. The number of carbonyl (C=O) groups excluding carboxylic acids is 1. The predicted octanol–water partition coefficient (Wildman–Crippen LogP) is 2.13. The van der Waals surface area contributed by atoms with Crippen LogP contribution in [0.1, 0.15) is 18.5 Å². The fourth-order valence-electron chi connectivity index (χ4n) is 1.46. The lowest BCUT2D eigenvalue weighted by atomic mass is 10.1. The van der Waals surface area contributed by atoms with Crippen LogP contribution in [0.4, 0.5) is 0 Å². The molecule has 0 radical (unpaired) electrons. The molecule has 0 spiro atoms. The number of hydrogen-bond donors (Lipinski definition) is 2. The van der Waals surface area contributed by atoms with Gasteiger partial charge >= 0.3 is 5.97 Å². The summed E-state index contributed by atoms with van der Waals surface area (Å²) in [7, 11) is 0. The Morgan fingerprint density at radius 1 is 1.56 bits per heavy atom. The van der Waals surface area contributed by atoms with Crippen LogP contribution in [0.5, 0.6) is 0 Å². The van der Waals surface area contributed by atoms with Crippen molar-refractivity contribution in [3.05, 3.63) is 26.9 Å². The first-order valence-corrected chi connectivity index (χ1v) is 6.83. The maximum atomic E-state index is 10.5. The molecule has 0 bridgehead atoms. The summed E-state index contributed by atoms with van der Waals surface area (Å²) in [5.41, 5.74) is 0.780. The standard InChI is InChI=1S/C11H12Br2N2O3/c12-7-3-9(13)10(14-5-7)4-8(15-6-16)1-2-11(17)18/h3,5-6,8H,1-2,4H2,(H,15,16)(H,17,18). The van der Waals surface area contributed by atoms with Gasteiger partial charge in [0.05, 0.1) is 5.69 Å². The second-order valence-corrected chi connectivity index (χ2v) is 5.47. The fourth-order valence-corrected chi connectivity index (χ4v) is 2.61. The third kappa shape index (κ3) is 5.14. The highest BCUT2D eigenvalue weighted by molar-refractivity contribution is 9.11. The summed E-state index contributed by atoms with van der Waals surface area (Å²) in [6, 6.07) is 1.63. The van der Waals surface area contributed by atoms with Gasteiger partial charge in [-0.05, 0) is 44.3 Å². The normalized spacial score (nSPS) is 11.9. The average Bonchev–Trinajstić information content (AvgIpc) is 2.29. The zero-order valence-electron chi connectivity index (χ0n) is 9.40. The van der Waals surface area contributed by atoms with Gasteiger partial charge in [-0.3, -0.25) is 14.6 Å². The lowest BCUT2D eigenvalue weighted by molar-refractivity contribution is -0.137. The molecule has 5 nitrogen and oxygen atoms in total. The Hall–Kier alpha value is -0.950. The molecule has 1 aromatic rings. The molecule has 1 amide bonds. The number of amides is 1. The molecule has 1 aromatic heterocycles. The van der Waals surface area contributed by atoms with Gasteiger partial charge < -0.3 is 10.4 Å². The number of carboxylic acid groups (broad SMARTS) is 1. The lowest BCUT2D eigenvalue weighted by Crippen LogP contribution is -2.31. The Labute approximate surface area is 121 Å². The van der Waals surface area contributed by atoms with E-state index in [0.29, 0.717) is 19.3 Å². The molecule has 1 heterocycles. The molecule has 0 aliphatic rings. The average molecular weight is 380 g/mol. The molecule has 0 saturated heterocycles. The minimum atomic E-state index is -0.879. The van der Waals surface area contributed by atoms with E-state index in [4.69, 9.17) is 5.11 Å². The first kappa shape index (κ1) is 15.1. The van der Waals surface area contributed by atoms with Crippen LogP contribution in [0.15, 0.2) is 21.2 Å². The fraction of sp³-hybridized carbons (Fsp3) is 0.364. The van der Waals surface area contributed by atoms with E-state index >= 15 is 0 Å². The molecule has 0 aromatic carbocycles. The van der Waals surface area contributed by atoms with Crippen LogP contribution in [0.3, 0.4) is 0 Å². The van der Waals surface area contributed by atoms with Gasteiger partial charge in [-0.2, -0.15) is 0 Å². The third-order valence-electron chi connectivity index (χ3n) is 2.33. The molecule has 0 fully saturated rings. The highest BCUT2D eigenvalue weighted by atomic mass is 79.9. The maximum absolute atomic E-state index is 10.5. The molecule has 2 N–H and O–H groups in total. The molecular formula is C11H12Br2N2O3. The van der Waals surface area contributed by atoms with Gasteiger partial charge in [-0.1, -0.05) is 0 Å². The van der Waals surface area contributed by atoms with Crippen LogP contribution in [0.25, 0.3) is 0 Å². The highest BCUT2D eigenvalue weighted by Crippen LogP contribution is 2.21. The number of rotatable bonds is 7. The Morgan fingerprint density at radius 3 is 2.83 bits per heavy atom. The van der Waals surface area contributed by atoms with E-state index in [9.17, 15) is 9.59 Å². The van der Waals surface area contributed by atoms with E-state index in [1.165, 1.54) is 0 Å². The number of carboxylic acids is 1. The van der Waals surface area contributed by atoms with Gasteiger partial charge in [-0.15, -0.1) is 0 Å². The minimum Gasteiger partial charge on any atom is -0.481 e. The van der Waals surface area contributed by atoms with Crippen molar-refractivity contribution in [2.24, 2.45) is 0 Å². The third-order valence-corrected chi connectivity index (χ3v) is 3.45. The van der Waals surface area contributed by atoms with E-state index in [1.807, 2.05) is 6.07 Å². The van der Waals surface area contributed by atoms with Crippen LogP contribution in [0, 0.1) is 0 Å². The second kappa shape index (κ2) is 7.48. The summed E-state index contributed by atoms with van der Waals surface area (Å²) in [4.78, 5) is 25.2. The van der Waals surface area contributed by atoms with E-state index in [2.05, 4.69) is 42.2 Å². The van der Waals surface area contributed by atoms with Crippen LogP contribution < -0.4 is 5.32 Å². The van der Waals surface area contributed by atoms with Crippen LogP contribution in [0.2, 0.25) is 0 Å². The molecule has 7 heteroatoms. The van der Waals surface area contributed by atoms with Crippen molar-refractivity contribution in [3.63, 3.8) is 0 Å². The molecular weight excluding hydrogens is 368 g/mol. The number of nitrogens with zero attached hydrogens (tertiary/aromatic N) is 1. The lowest BCUT2D eigenvalue weighted by Gasteiger charge is -2.15. The van der Waals surface area contributed by atoms with E-state index in [0.717, 1.165) is 14.6 Å². The summed E-state index contributed by atoms with van der Waals surface area (Å²) < 4.78 is 1.67. The van der Waals surface area contributed by atoms with Crippen molar-refractivity contribution < 1.29 is 14.7 Å². The van der Waals surface area contributed by atoms with Crippen molar-refractivity contribution in [2.45, 2.75) is 25.3 Å². The maximum Gasteiger partial charge on any atom is 0.303 e. The van der Waals surface area contributed by atoms with E-state index in [-0.39, 0.29) is 12.5 Å². The quantitative estimate of drug-likeness (QED) is 0.711. The molecule has 18 heavy (non-hydrogen) atoms. The molecule has 1 unspecified atom stereocenters. The van der Waals surface area contributed by atoms with E-state index < -0.39 is 5.97 Å². The van der Waals surface area contributed by atoms with Crippen LogP contribution in [-0.4, -0.2) is 28.5 Å². The van der Waals surface area contributed by atoms with Crippen molar-refractivity contribution in [3.8, 4) is 0 Å². The number of carbonyl (C=O) groups is 2. The SMILES string of the molecule is O=CNC(CCC(=O)O)Cc1ncc(Br)cc1Br. The van der Waals surface area contributed by atoms with Gasteiger partial charge in [0.1, 0.15) is 0 Å². The molecule has 0 aliphatic carbocycles. The first-order valence-electron chi connectivity index (χ1n) is 5.24. The highest BCUT2D eigenvalue weighted by Gasteiger charge is 2.13. The predicted molar refractivity (Wildman–Crippen MR) is 73.2 cm³/mol. The number of hydrogen-bond acceptors (Lipinski definition) is 3. The Kier molecular flexibility index (Phi) is 6.28. The second-order valence-electron chi connectivity index (χ2n) is 3.70. The van der Waals surface area contributed by atoms with Gasteiger partial charge in [0, 0.05) is 34.0 Å². The summed E-state index contributed by atoms with van der Waals surface area (Å²) in [6.07, 6.45) is 3.12. The number of pyridine rings is 1. The van der Waals surface area contributed by atoms with Gasteiger partial charge in [0.25, 0.3) is 0 Å². The summed E-state index contributed by atoms with van der Waals surface area (Å²) in [5, 5.41) is 11.3. The summed E-state index contributed by atoms with van der Waals surface area (Å²) in [6.45, 7) is 0. The van der Waals surface area contributed by atoms with Crippen molar-refractivity contribution in [2.75, 3.05) is 0 Å². The van der Waals surface area contributed by atoms with Crippen LogP contribution in [-0.2, 0) is 16.0 Å². The largest absolute Gasteiger partial charge is 0.481 e. The van der Waals surface area contributed by atoms with Crippen molar-refractivity contribution in [1.29, 1.82) is 0 Å². The summed E-state index contributed by atoms with van der Waals surface area (Å²) >= 11 is 6.68. The summed E-state index contributed by atoms with van der Waals surface area (Å²) in [5.74, 6) is -0.879. The zero-order valence-corrected chi connectivity index (χ0v) is 12.6. The van der Waals surface area contributed by atoms with Gasteiger partial charge in [-0.25, -0.2) is 0 Å². The van der Waals surface area contributed by atoms with E-state index in [1.54, 1.807) is 6.20 Å². The topological polar surface area (TPSA) is 79.3 Å².